The van der Waals surface area contributed by atoms with Crippen molar-refractivity contribution in [3.63, 3.8) is 0 Å². The zero-order valence-corrected chi connectivity index (χ0v) is 16.7. The maximum absolute atomic E-state index is 12.9. The van der Waals surface area contributed by atoms with Crippen LogP contribution in [0.5, 0.6) is 0 Å². The molecule has 0 saturated carbocycles. The van der Waals surface area contributed by atoms with Crippen LogP contribution in [-0.2, 0) is 14.8 Å². The first-order valence-corrected chi connectivity index (χ1v) is 10.5. The molecular weight excluding hydrogens is 378 g/mol. The Kier molecular flexibility index (Phi) is 5.81. The molecule has 28 heavy (non-hydrogen) atoms. The smallest absolute Gasteiger partial charge is 0.255 e. The Morgan fingerprint density at radius 1 is 0.964 bits per heavy atom. The second kappa shape index (κ2) is 8.12. The second-order valence-electron chi connectivity index (χ2n) is 6.71. The molecule has 148 valence electrons. The fourth-order valence-corrected chi connectivity index (χ4v) is 4.57. The third-order valence-electron chi connectivity index (χ3n) is 4.81. The SMILES string of the molecule is CC(=O)N1CCN(S(=O)(=O)c2cccc(C(=O)Nc3ccccc3C)c2)CC1. The Balaban J connectivity index is 1.78. The van der Waals surface area contributed by atoms with Crippen molar-refractivity contribution in [3.05, 3.63) is 59.7 Å². The van der Waals surface area contributed by atoms with Crippen molar-refractivity contribution in [1.82, 2.24) is 9.21 Å². The van der Waals surface area contributed by atoms with Gasteiger partial charge in [0.25, 0.3) is 5.91 Å². The van der Waals surface area contributed by atoms with Crippen LogP contribution in [0.25, 0.3) is 0 Å². The van der Waals surface area contributed by atoms with E-state index in [1.807, 2.05) is 25.1 Å². The molecule has 0 bridgehead atoms. The number of aryl methyl sites for hydroxylation is 1. The number of sulfonamides is 1. The molecule has 0 aromatic heterocycles. The van der Waals surface area contributed by atoms with E-state index in [2.05, 4.69) is 5.32 Å². The number of anilines is 1. The lowest BCUT2D eigenvalue weighted by atomic mass is 10.1. The number of para-hydroxylation sites is 1. The summed E-state index contributed by atoms with van der Waals surface area (Å²) in [5.74, 6) is -0.431. The molecule has 0 unspecified atom stereocenters. The van der Waals surface area contributed by atoms with Gasteiger partial charge < -0.3 is 10.2 Å². The lowest BCUT2D eigenvalue weighted by molar-refractivity contribution is -0.129. The zero-order chi connectivity index (χ0) is 20.3. The predicted octanol–water partition coefficient (Wildman–Crippen LogP) is 2.10. The third kappa shape index (κ3) is 4.23. The maximum Gasteiger partial charge on any atom is 0.255 e. The van der Waals surface area contributed by atoms with Gasteiger partial charge >= 0.3 is 0 Å². The van der Waals surface area contributed by atoms with Crippen LogP contribution in [0.15, 0.2) is 53.4 Å². The van der Waals surface area contributed by atoms with E-state index in [1.165, 1.54) is 23.4 Å². The molecule has 0 aliphatic carbocycles. The van der Waals surface area contributed by atoms with Crippen LogP contribution in [0.1, 0.15) is 22.8 Å². The highest BCUT2D eigenvalue weighted by Crippen LogP contribution is 2.20. The number of hydrogen-bond acceptors (Lipinski definition) is 4. The minimum absolute atomic E-state index is 0.0630. The van der Waals surface area contributed by atoms with Gasteiger partial charge in [0.1, 0.15) is 0 Å². The first-order chi connectivity index (χ1) is 13.3. The van der Waals surface area contributed by atoms with Crippen LogP contribution in [0.2, 0.25) is 0 Å². The van der Waals surface area contributed by atoms with Crippen LogP contribution in [0, 0.1) is 6.92 Å². The average molecular weight is 401 g/mol. The molecule has 3 rings (SSSR count). The van der Waals surface area contributed by atoms with Gasteiger partial charge in [0, 0.05) is 44.4 Å². The van der Waals surface area contributed by atoms with Crippen LogP contribution in [0.3, 0.4) is 0 Å². The quantitative estimate of drug-likeness (QED) is 0.850. The summed E-state index contributed by atoms with van der Waals surface area (Å²) in [5, 5.41) is 2.81. The van der Waals surface area contributed by atoms with Crippen molar-refractivity contribution in [1.29, 1.82) is 0 Å². The summed E-state index contributed by atoms with van der Waals surface area (Å²) in [7, 11) is -3.73. The van der Waals surface area contributed by atoms with Gasteiger partial charge in [-0.1, -0.05) is 24.3 Å². The minimum Gasteiger partial charge on any atom is -0.340 e. The first kappa shape index (κ1) is 20.0. The molecule has 1 heterocycles. The largest absolute Gasteiger partial charge is 0.340 e. The molecule has 7 nitrogen and oxygen atoms in total. The monoisotopic (exact) mass is 401 g/mol. The molecular formula is C20H23N3O4S. The summed E-state index contributed by atoms with van der Waals surface area (Å²) in [6, 6.07) is 13.4. The van der Waals surface area contributed by atoms with Crippen LogP contribution >= 0.6 is 0 Å². The minimum atomic E-state index is -3.73. The summed E-state index contributed by atoms with van der Waals surface area (Å²) < 4.78 is 27.2. The van der Waals surface area contributed by atoms with Crippen molar-refractivity contribution in [2.24, 2.45) is 0 Å². The topological polar surface area (TPSA) is 86.8 Å². The van der Waals surface area contributed by atoms with E-state index >= 15 is 0 Å². The van der Waals surface area contributed by atoms with Crippen molar-refractivity contribution < 1.29 is 18.0 Å². The number of carbonyl (C=O) groups excluding carboxylic acids is 2. The van der Waals surface area contributed by atoms with Crippen molar-refractivity contribution in [2.45, 2.75) is 18.7 Å². The third-order valence-corrected chi connectivity index (χ3v) is 6.71. The van der Waals surface area contributed by atoms with E-state index < -0.39 is 10.0 Å². The van der Waals surface area contributed by atoms with E-state index in [0.717, 1.165) is 5.56 Å². The Hall–Kier alpha value is -2.71. The van der Waals surface area contributed by atoms with Gasteiger partial charge in [-0.25, -0.2) is 8.42 Å². The highest BCUT2D eigenvalue weighted by molar-refractivity contribution is 7.89. The molecule has 2 amide bonds. The van der Waals surface area contributed by atoms with Gasteiger partial charge in [0.05, 0.1) is 4.90 Å². The molecule has 0 radical (unpaired) electrons. The number of amides is 2. The van der Waals surface area contributed by atoms with Crippen molar-refractivity contribution >= 4 is 27.5 Å². The van der Waals surface area contributed by atoms with E-state index in [0.29, 0.717) is 18.8 Å². The highest BCUT2D eigenvalue weighted by Gasteiger charge is 2.29. The summed E-state index contributed by atoms with van der Waals surface area (Å²) in [5.41, 5.74) is 1.87. The fourth-order valence-electron chi connectivity index (χ4n) is 3.10. The summed E-state index contributed by atoms with van der Waals surface area (Å²) in [6.45, 7) is 4.56. The number of hydrogen-bond donors (Lipinski definition) is 1. The van der Waals surface area contributed by atoms with Crippen LogP contribution in [-0.4, -0.2) is 55.6 Å². The van der Waals surface area contributed by atoms with E-state index in [9.17, 15) is 18.0 Å². The number of benzene rings is 2. The normalized spacial score (nSPS) is 15.3. The Morgan fingerprint density at radius 2 is 1.64 bits per heavy atom. The van der Waals surface area contributed by atoms with Gasteiger partial charge in [-0.3, -0.25) is 9.59 Å². The molecule has 1 fully saturated rings. The maximum atomic E-state index is 12.9. The van der Waals surface area contributed by atoms with Crippen LogP contribution in [0.4, 0.5) is 5.69 Å². The first-order valence-electron chi connectivity index (χ1n) is 9.02. The van der Waals surface area contributed by atoms with Gasteiger partial charge in [0.15, 0.2) is 0 Å². The lowest BCUT2D eigenvalue weighted by Crippen LogP contribution is -2.49. The number of piperazine rings is 1. The Bertz CT molecular complexity index is 996. The molecule has 2 aromatic rings. The molecule has 1 aliphatic heterocycles. The van der Waals surface area contributed by atoms with Crippen LogP contribution < -0.4 is 5.32 Å². The highest BCUT2D eigenvalue weighted by atomic mass is 32.2. The van der Waals surface area contributed by atoms with Crippen molar-refractivity contribution in [3.8, 4) is 0 Å². The summed E-state index contributed by atoms with van der Waals surface area (Å²) in [6.07, 6.45) is 0. The molecule has 1 saturated heterocycles. The van der Waals surface area contributed by atoms with Gasteiger partial charge in [-0.05, 0) is 36.8 Å². The van der Waals surface area contributed by atoms with Gasteiger partial charge in [-0.15, -0.1) is 0 Å². The van der Waals surface area contributed by atoms with E-state index in [-0.39, 0.29) is 35.4 Å². The van der Waals surface area contributed by atoms with E-state index in [4.69, 9.17) is 0 Å². The Labute approximate surface area is 165 Å². The fraction of sp³-hybridized carbons (Fsp3) is 0.300. The van der Waals surface area contributed by atoms with Gasteiger partial charge in [0.2, 0.25) is 15.9 Å². The predicted molar refractivity (Wildman–Crippen MR) is 107 cm³/mol. The standard InChI is InChI=1S/C20H23N3O4S/c1-15-6-3-4-9-19(15)21-20(25)17-7-5-8-18(14-17)28(26,27)23-12-10-22(11-13-23)16(2)24/h3-9,14H,10-13H2,1-2H3,(H,21,25). The second-order valence-corrected chi connectivity index (χ2v) is 8.64. The number of rotatable bonds is 4. The molecule has 2 aromatic carbocycles. The molecule has 1 aliphatic rings. The molecule has 1 N–H and O–H groups in total. The molecule has 0 atom stereocenters. The Morgan fingerprint density at radius 3 is 2.29 bits per heavy atom. The van der Waals surface area contributed by atoms with Gasteiger partial charge in [-0.2, -0.15) is 4.31 Å². The zero-order valence-electron chi connectivity index (χ0n) is 15.9. The molecule has 0 spiro atoms. The number of carbonyl (C=O) groups is 2. The van der Waals surface area contributed by atoms with Crippen molar-refractivity contribution in [2.75, 3.05) is 31.5 Å². The lowest BCUT2D eigenvalue weighted by Gasteiger charge is -2.33. The summed E-state index contributed by atoms with van der Waals surface area (Å²) >= 11 is 0. The number of nitrogens with one attached hydrogen (secondary N) is 1. The number of nitrogens with zero attached hydrogens (tertiary/aromatic N) is 2. The molecule has 8 heteroatoms. The summed E-state index contributed by atoms with van der Waals surface area (Å²) in [4.78, 5) is 25.7. The average Bonchev–Trinajstić information content (AvgIpc) is 2.70. The van der Waals surface area contributed by atoms with E-state index in [1.54, 1.807) is 23.1 Å².